The van der Waals surface area contributed by atoms with Crippen molar-refractivity contribution in [2.75, 3.05) is 55.8 Å². The number of benzene rings is 1. The van der Waals surface area contributed by atoms with Crippen molar-refractivity contribution in [2.24, 2.45) is 0 Å². The summed E-state index contributed by atoms with van der Waals surface area (Å²) in [7, 11) is 3.52. The van der Waals surface area contributed by atoms with E-state index in [0.717, 1.165) is 48.0 Å². The second kappa shape index (κ2) is 14.6. The summed E-state index contributed by atoms with van der Waals surface area (Å²) in [5, 5.41) is 9.71. The van der Waals surface area contributed by atoms with E-state index in [-0.39, 0.29) is 49.1 Å². The molecule has 0 bridgehead atoms. The lowest BCUT2D eigenvalue weighted by Crippen LogP contribution is -2.52. The van der Waals surface area contributed by atoms with Crippen LogP contribution in [0.1, 0.15) is 77.9 Å². The lowest BCUT2D eigenvalue weighted by molar-refractivity contribution is -0.137. The number of piperazine rings is 1. The number of anilines is 4. The Morgan fingerprint density at radius 1 is 0.964 bits per heavy atom. The highest BCUT2D eigenvalue weighted by Gasteiger charge is 2.40. The Morgan fingerprint density at radius 3 is 2.45 bits per heavy atom. The van der Waals surface area contributed by atoms with E-state index in [1.165, 1.54) is 4.90 Å². The van der Waals surface area contributed by atoms with Gasteiger partial charge in [0.15, 0.2) is 0 Å². The molecule has 4 aliphatic rings. The molecule has 55 heavy (non-hydrogen) atoms. The molecule has 8 rings (SSSR count). The third kappa shape index (κ3) is 6.92. The third-order valence-corrected chi connectivity index (χ3v) is 11.2. The normalized spacial score (nSPS) is 19.4. The molecule has 3 aromatic heterocycles. The highest BCUT2D eigenvalue weighted by molar-refractivity contribution is 6.06. The van der Waals surface area contributed by atoms with Gasteiger partial charge in [0.25, 0.3) is 11.8 Å². The van der Waals surface area contributed by atoms with Crippen molar-refractivity contribution >= 4 is 63.7 Å². The fourth-order valence-corrected chi connectivity index (χ4v) is 8.23. The first-order valence-corrected chi connectivity index (χ1v) is 18.9. The summed E-state index contributed by atoms with van der Waals surface area (Å²) in [5.41, 5.74) is 4.22. The third-order valence-electron chi connectivity index (χ3n) is 11.2. The Bertz CT molecular complexity index is 2170. The van der Waals surface area contributed by atoms with Crippen LogP contribution >= 0.6 is 0 Å². The van der Waals surface area contributed by atoms with E-state index in [1.54, 1.807) is 43.5 Å². The molecule has 0 radical (unpaired) electrons. The molecule has 4 aromatic rings. The van der Waals surface area contributed by atoms with Crippen molar-refractivity contribution in [3.8, 4) is 0 Å². The van der Waals surface area contributed by atoms with E-state index in [2.05, 4.69) is 35.4 Å². The zero-order valence-corrected chi connectivity index (χ0v) is 31.2. The van der Waals surface area contributed by atoms with Gasteiger partial charge >= 0.3 is 0 Å². The first-order valence-electron chi connectivity index (χ1n) is 18.9. The molecule has 16 nitrogen and oxygen atoms in total. The SMILES string of the molecule is C[C@@H](Nc1cccc2c1CN([C@H]1CCC(=O)NC1=O)C2=O)C(=O)N1CCN(c2ccc(Nc3ncc4cc(C(=O)N(C)C)n(C5CCCC5)c4n3)nc2)CC1. The summed E-state index contributed by atoms with van der Waals surface area (Å²) in [6, 6.07) is 10.1. The molecule has 1 aromatic carbocycles. The van der Waals surface area contributed by atoms with Gasteiger partial charge in [-0.1, -0.05) is 18.9 Å². The minimum absolute atomic E-state index is 0.0458. The van der Waals surface area contributed by atoms with Crippen LogP contribution in [-0.2, 0) is 20.9 Å². The van der Waals surface area contributed by atoms with Crippen molar-refractivity contribution in [1.82, 2.24) is 39.5 Å². The molecule has 5 amide bonds. The summed E-state index contributed by atoms with van der Waals surface area (Å²) < 4.78 is 2.09. The highest BCUT2D eigenvalue weighted by atomic mass is 16.2. The van der Waals surface area contributed by atoms with Gasteiger partial charge in [-0.25, -0.2) is 9.97 Å². The van der Waals surface area contributed by atoms with Crippen LogP contribution in [0, 0.1) is 0 Å². The maximum Gasteiger partial charge on any atom is 0.270 e. The number of amides is 5. The zero-order chi connectivity index (χ0) is 38.4. The number of nitrogens with zero attached hydrogens (tertiary/aromatic N) is 8. The number of fused-ring (bicyclic) bond motifs is 2. The van der Waals surface area contributed by atoms with E-state index >= 15 is 0 Å². The van der Waals surface area contributed by atoms with Gasteiger partial charge < -0.3 is 34.8 Å². The second-order valence-corrected chi connectivity index (χ2v) is 14.9. The topological polar surface area (TPSA) is 178 Å². The number of imide groups is 1. The molecule has 1 aliphatic carbocycles. The summed E-state index contributed by atoms with van der Waals surface area (Å²) in [4.78, 5) is 85.2. The number of nitrogens with one attached hydrogen (secondary N) is 3. The number of pyridine rings is 1. The number of carbonyl (C=O) groups excluding carboxylic acids is 5. The van der Waals surface area contributed by atoms with Crippen LogP contribution in [0.5, 0.6) is 0 Å². The molecular weight excluding hydrogens is 703 g/mol. The molecule has 0 unspecified atom stereocenters. The van der Waals surface area contributed by atoms with Gasteiger partial charge in [0, 0.05) is 87.7 Å². The summed E-state index contributed by atoms with van der Waals surface area (Å²) >= 11 is 0. The molecule has 2 atom stereocenters. The minimum atomic E-state index is -0.706. The molecule has 1 saturated carbocycles. The van der Waals surface area contributed by atoms with Crippen LogP contribution in [0.15, 0.2) is 48.8 Å². The zero-order valence-electron chi connectivity index (χ0n) is 31.2. The monoisotopic (exact) mass is 747 g/mol. The minimum Gasteiger partial charge on any atom is -0.374 e. The van der Waals surface area contributed by atoms with Crippen LogP contribution in [0.2, 0.25) is 0 Å². The predicted octanol–water partition coefficient (Wildman–Crippen LogP) is 3.30. The average molecular weight is 748 g/mol. The molecule has 3 N–H and O–H groups in total. The van der Waals surface area contributed by atoms with E-state index < -0.39 is 18.0 Å². The number of piperidine rings is 1. The van der Waals surface area contributed by atoms with E-state index in [0.29, 0.717) is 54.9 Å². The Morgan fingerprint density at radius 2 is 1.75 bits per heavy atom. The molecular formula is C39H45N11O5. The van der Waals surface area contributed by atoms with E-state index in [9.17, 15) is 24.0 Å². The maximum atomic E-state index is 13.6. The number of hydrogen-bond donors (Lipinski definition) is 3. The largest absolute Gasteiger partial charge is 0.374 e. The average Bonchev–Trinajstić information content (AvgIpc) is 3.93. The molecule has 16 heteroatoms. The molecule has 6 heterocycles. The van der Waals surface area contributed by atoms with Crippen molar-refractivity contribution in [3.05, 3.63) is 65.6 Å². The smallest absolute Gasteiger partial charge is 0.270 e. The number of rotatable bonds is 9. The number of hydrogen-bond acceptors (Lipinski definition) is 11. The standard InChI is InChI=1S/C39H45N11O5/c1-23(42-29-10-6-9-27-28(29)22-49(37(27)54)30-12-14-33(51)44-35(30)52)36(53)48-17-15-47(16-18-48)26-11-13-32(40-21-26)43-39-41-20-24-19-31(38(55)46(2)3)50(34(24)45-39)25-7-4-5-8-25/h6,9-11,13,19-21,23,25,30,42H,4-5,7-8,12,14-18,22H2,1-3H3,(H,44,51,52)(H,40,41,43,45)/t23-,30+/m1/s1. The van der Waals surface area contributed by atoms with Crippen molar-refractivity contribution in [1.29, 1.82) is 0 Å². The van der Waals surface area contributed by atoms with E-state index in [1.807, 2.05) is 36.1 Å². The predicted molar refractivity (Wildman–Crippen MR) is 205 cm³/mol. The van der Waals surface area contributed by atoms with Crippen LogP contribution in [0.4, 0.5) is 23.1 Å². The Hall–Kier alpha value is -6.06. The van der Waals surface area contributed by atoms with Gasteiger partial charge in [-0.2, -0.15) is 4.98 Å². The first-order chi connectivity index (χ1) is 26.5. The summed E-state index contributed by atoms with van der Waals surface area (Å²) in [5.74, 6) is -0.142. The van der Waals surface area contributed by atoms with Crippen molar-refractivity contribution in [2.45, 2.75) is 70.1 Å². The van der Waals surface area contributed by atoms with Gasteiger partial charge in [-0.05, 0) is 56.5 Å². The quantitative estimate of drug-likeness (QED) is 0.214. The van der Waals surface area contributed by atoms with Crippen LogP contribution in [-0.4, -0.2) is 116 Å². The fourth-order valence-electron chi connectivity index (χ4n) is 8.23. The fraction of sp³-hybridized carbons (Fsp3) is 0.436. The molecule has 0 spiro atoms. The first kappa shape index (κ1) is 35.9. The van der Waals surface area contributed by atoms with Crippen LogP contribution in [0.3, 0.4) is 0 Å². The van der Waals surface area contributed by atoms with Gasteiger partial charge in [0.1, 0.15) is 29.2 Å². The molecule has 286 valence electrons. The Balaban J connectivity index is 0.875. The number of carbonyl (C=O) groups is 5. The van der Waals surface area contributed by atoms with Gasteiger partial charge in [-0.3, -0.25) is 29.3 Å². The lowest BCUT2D eigenvalue weighted by Gasteiger charge is -2.37. The molecule has 3 aliphatic heterocycles. The van der Waals surface area contributed by atoms with Gasteiger partial charge in [0.2, 0.25) is 23.7 Å². The van der Waals surface area contributed by atoms with Crippen molar-refractivity contribution < 1.29 is 24.0 Å². The van der Waals surface area contributed by atoms with Gasteiger partial charge in [0.05, 0.1) is 11.9 Å². The van der Waals surface area contributed by atoms with Crippen LogP contribution < -0.4 is 20.9 Å². The highest BCUT2D eigenvalue weighted by Crippen LogP contribution is 2.36. The van der Waals surface area contributed by atoms with Crippen molar-refractivity contribution in [3.63, 3.8) is 0 Å². The Kier molecular flexibility index (Phi) is 9.57. The molecule has 2 saturated heterocycles. The van der Waals surface area contributed by atoms with Gasteiger partial charge in [-0.15, -0.1) is 0 Å². The summed E-state index contributed by atoms with van der Waals surface area (Å²) in [6.45, 7) is 4.37. The van der Waals surface area contributed by atoms with E-state index in [4.69, 9.17) is 4.98 Å². The Labute approximate surface area is 318 Å². The van der Waals surface area contributed by atoms with Crippen LogP contribution in [0.25, 0.3) is 11.0 Å². The lowest BCUT2D eigenvalue weighted by atomic mass is 10.0. The summed E-state index contributed by atoms with van der Waals surface area (Å²) in [6.07, 6.45) is 8.30. The second-order valence-electron chi connectivity index (χ2n) is 14.9. The number of aromatic nitrogens is 4. The maximum absolute atomic E-state index is 13.6. The molecule has 3 fully saturated rings.